The van der Waals surface area contributed by atoms with Crippen LogP contribution in [0.2, 0.25) is 0 Å². The van der Waals surface area contributed by atoms with Crippen LogP contribution in [0.4, 0.5) is 18.9 Å². The average Bonchev–Trinajstić information content (AvgIpc) is 2.33. The van der Waals surface area contributed by atoms with Crippen molar-refractivity contribution in [3.8, 4) is 0 Å². The molecule has 1 aromatic carbocycles. The maximum Gasteiger partial charge on any atom is 0.182 e. The first kappa shape index (κ1) is 12.8. The van der Waals surface area contributed by atoms with E-state index in [4.69, 9.17) is 5.73 Å². The fourth-order valence-corrected chi connectivity index (χ4v) is 3.55. The molecule has 19 heavy (non-hydrogen) atoms. The quantitative estimate of drug-likeness (QED) is 0.795. The van der Waals surface area contributed by atoms with Crippen LogP contribution in [0.1, 0.15) is 32.1 Å². The maximum atomic E-state index is 14.0. The number of piperidine rings is 2. The SMILES string of the molecule is NC1CC2CCCC(C1)N2c1cc(F)cc(F)c1F. The highest BCUT2D eigenvalue weighted by molar-refractivity contribution is 5.51. The van der Waals surface area contributed by atoms with E-state index in [0.29, 0.717) is 6.07 Å². The monoisotopic (exact) mass is 270 g/mol. The van der Waals surface area contributed by atoms with Crippen molar-refractivity contribution >= 4 is 5.69 Å². The van der Waals surface area contributed by atoms with Crippen LogP contribution in [0.15, 0.2) is 12.1 Å². The lowest BCUT2D eigenvalue weighted by Crippen LogP contribution is -2.55. The summed E-state index contributed by atoms with van der Waals surface area (Å²) >= 11 is 0. The summed E-state index contributed by atoms with van der Waals surface area (Å²) in [6.07, 6.45) is 4.39. The van der Waals surface area contributed by atoms with Crippen LogP contribution in [0.25, 0.3) is 0 Å². The summed E-state index contributed by atoms with van der Waals surface area (Å²) in [5.74, 6) is -2.81. The Kier molecular flexibility index (Phi) is 3.17. The Labute approximate surface area is 110 Å². The molecule has 5 heteroatoms. The van der Waals surface area contributed by atoms with Crippen LogP contribution in [0.5, 0.6) is 0 Å². The number of hydrogen-bond acceptors (Lipinski definition) is 2. The van der Waals surface area contributed by atoms with E-state index in [1.165, 1.54) is 0 Å². The molecule has 0 amide bonds. The minimum atomic E-state index is -1.12. The van der Waals surface area contributed by atoms with Crippen LogP contribution < -0.4 is 10.6 Å². The molecule has 2 unspecified atom stereocenters. The molecule has 0 spiro atoms. The van der Waals surface area contributed by atoms with Gasteiger partial charge in [-0.1, -0.05) is 0 Å². The zero-order valence-corrected chi connectivity index (χ0v) is 10.6. The highest BCUT2D eigenvalue weighted by Crippen LogP contribution is 2.39. The van der Waals surface area contributed by atoms with Gasteiger partial charge < -0.3 is 10.6 Å². The summed E-state index contributed by atoms with van der Waals surface area (Å²) in [7, 11) is 0. The molecule has 2 fully saturated rings. The van der Waals surface area contributed by atoms with Crippen LogP contribution in [-0.4, -0.2) is 18.1 Å². The third kappa shape index (κ3) is 2.20. The molecule has 2 bridgehead atoms. The Hall–Kier alpha value is -1.23. The third-order valence-electron chi connectivity index (χ3n) is 4.26. The Bertz CT molecular complexity index is 478. The lowest BCUT2D eigenvalue weighted by atomic mass is 9.81. The highest BCUT2D eigenvalue weighted by Gasteiger charge is 2.38. The predicted octanol–water partition coefficient (Wildman–Crippen LogP) is 2.95. The van der Waals surface area contributed by atoms with Crippen LogP contribution in [0, 0.1) is 17.5 Å². The van der Waals surface area contributed by atoms with Crippen LogP contribution >= 0.6 is 0 Å². The molecule has 1 aromatic rings. The standard InChI is InChI=1S/C14H17F3N2/c15-8-4-12(16)14(17)13(5-8)19-10-2-1-3-11(19)7-9(18)6-10/h4-5,9-11H,1-3,6-7,18H2. The summed E-state index contributed by atoms with van der Waals surface area (Å²) in [5.41, 5.74) is 6.05. The molecule has 0 radical (unpaired) electrons. The molecule has 0 saturated carbocycles. The molecule has 2 nitrogen and oxygen atoms in total. The van der Waals surface area contributed by atoms with Gasteiger partial charge >= 0.3 is 0 Å². The molecule has 2 N–H and O–H groups in total. The van der Waals surface area contributed by atoms with Crippen molar-refractivity contribution in [2.45, 2.75) is 50.2 Å². The topological polar surface area (TPSA) is 29.3 Å². The van der Waals surface area contributed by atoms with Gasteiger partial charge in [-0.3, -0.25) is 0 Å². The largest absolute Gasteiger partial charge is 0.363 e. The molecule has 104 valence electrons. The van der Waals surface area contributed by atoms with E-state index in [2.05, 4.69) is 0 Å². The molecule has 0 aromatic heterocycles. The fourth-order valence-electron chi connectivity index (χ4n) is 3.55. The van der Waals surface area contributed by atoms with Crippen molar-refractivity contribution in [3.05, 3.63) is 29.6 Å². The van der Waals surface area contributed by atoms with Gasteiger partial charge in [-0.05, 0) is 32.1 Å². The van der Waals surface area contributed by atoms with Crippen LogP contribution in [0.3, 0.4) is 0 Å². The van der Waals surface area contributed by atoms with Crippen molar-refractivity contribution in [1.29, 1.82) is 0 Å². The normalized spacial score (nSPS) is 30.5. The zero-order chi connectivity index (χ0) is 13.6. The lowest BCUT2D eigenvalue weighted by molar-refractivity contribution is 0.268. The van der Waals surface area contributed by atoms with Gasteiger partial charge in [0.2, 0.25) is 0 Å². The average molecular weight is 270 g/mol. The van der Waals surface area contributed by atoms with Crippen molar-refractivity contribution < 1.29 is 13.2 Å². The number of anilines is 1. The lowest BCUT2D eigenvalue weighted by Gasteiger charge is -2.49. The summed E-state index contributed by atoms with van der Waals surface area (Å²) < 4.78 is 40.7. The second-order valence-corrected chi connectivity index (χ2v) is 5.60. The van der Waals surface area contributed by atoms with E-state index >= 15 is 0 Å². The van der Waals surface area contributed by atoms with Crippen molar-refractivity contribution in [2.75, 3.05) is 4.90 Å². The highest BCUT2D eigenvalue weighted by atomic mass is 19.2. The minimum Gasteiger partial charge on any atom is -0.363 e. The van der Waals surface area contributed by atoms with Gasteiger partial charge in [0, 0.05) is 30.3 Å². The van der Waals surface area contributed by atoms with Gasteiger partial charge in [0.15, 0.2) is 11.6 Å². The first-order chi connectivity index (χ1) is 9.06. The Morgan fingerprint density at radius 3 is 2.32 bits per heavy atom. The van der Waals surface area contributed by atoms with E-state index in [1.54, 1.807) is 0 Å². The molecule has 2 saturated heterocycles. The summed E-state index contributed by atoms with van der Waals surface area (Å²) in [6.45, 7) is 0. The smallest absolute Gasteiger partial charge is 0.182 e. The van der Waals surface area contributed by atoms with Crippen LogP contribution in [-0.2, 0) is 0 Å². The number of halogens is 3. The van der Waals surface area contributed by atoms with Gasteiger partial charge in [0.1, 0.15) is 5.82 Å². The van der Waals surface area contributed by atoms with E-state index in [0.717, 1.165) is 38.2 Å². The second kappa shape index (κ2) is 4.71. The number of nitrogens with two attached hydrogens (primary N) is 1. The summed E-state index contributed by atoms with van der Waals surface area (Å²) in [6, 6.07) is 1.98. The molecule has 2 atom stereocenters. The molecule has 2 aliphatic heterocycles. The van der Waals surface area contributed by atoms with Gasteiger partial charge in [-0.2, -0.15) is 0 Å². The zero-order valence-electron chi connectivity index (χ0n) is 10.6. The van der Waals surface area contributed by atoms with Gasteiger partial charge in [0.25, 0.3) is 0 Å². The molecule has 2 heterocycles. The number of benzene rings is 1. The molecular weight excluding hydrogens is 253 g/mol. The van der Waals surface area contributed by atoms with E-state index in [-0.39, 0.29) is 23.8 Å². The van der Waals surface area contributed by atoms with E-state index in [1.807, 2.05) is 4.90 Å². The first-order valence-corrected chi connectivity index (χ1v) is 6.74. The third-order valence-corrected chi connectivity index (χ3v) is 4.26. The number of hydrogen-bond donors (Lipinski definition) is 1. The Balaban J connectivity index is 2.01. The Morgan fingerprint density at radius 2 is 1.68 bits per heavy atom. The second-order valence-electron chi connectivity index (χ2n) is 5.60. The Morgan fingerprint density at radius 1 is 1.05 bits per heavy atom. The predicted molar refractivity (Wildman–Crippen MR) is 67.4 cm³/mol. The van der Waals surface area contributed by atoms with Crippen molar-refractivity contribution in [3.63, 3.8) is 0 Å². The summed E-state index contributed by atoms with van der Waals surface area (Å²) in [5, 5.41) is 0. The van der Waals surface area contributed by atoms with Gasteiger partial charge in [-0.15, -0.1) is 0 Å². The van der Waals surface area contributed by atoms with Crippen molar-refractivity contribution in [1.82, 2.24) is 0 Å². The van der Waals surface area contributed by atoms with Crippen molar-refractivity contribution in [2.24, 2.45) is 5.73 Å². The molecule has 2 aliphatic rings. The fraction of sp³-hybridized carbons (Fsp3) is 0.571. The number of fused-ring (bicyclic) bond motifs is 2. The van der Waals surface area contributed by atoms with E-state index < -0.39 is 17.5 Å². The maximum absolute atomic E-state index is 14.0. The number of nitrogens with zero attached hydrogens (tertiary/aromatic N) is 1. The summed E-state index contributed by atoms with van der Waals surface area (Å²) in [4.78, 5) is 1.86. The first-order valence-electron chi connectivity index (χ1n) is 6.74. The van der Waals surface area contributed by atoms with Gasteiger partial charge in [0.05, 0.1) is 5.69 Å². The van der Waals surface area contributed by atoms with E-state index in [9.17, 15) is 13.2 Å². The minimum absolute atomic E-state index is 0.0547. The number of rotatable bonds is 1. The van der Waals surface area contributed by atoms with Gasteiger partial charge in [-0.25, -0.2) is 13.2 Å². The molecular formula is C14H17F3N2. The molecule has 0 aliphatic carbocycles. The molecule has 3 rings (SSSR count).